The average molecular weight is 320 g/mol. The second-order valence-corrected chi connectivity index (χ2v) is 5.79. The van der Waals surface area contributed by atoms with Crippen molar-refractivity contribution in [3.8, 4) is 11.5 Å². The SMILES string of the molecule is NS(=O)(=O)Oc1ccc2c(c1)OC(=O)N(c1ccccc1)C2. The standard InChI is InChI=1S/C14H12N2O5S/c15-22(18,19)21-12-7-6-10-9-16(11-4-2-1-3-5-11)14(17)20-13(10)8-12/h1-8H,9H2,(H2,15,18,19). The second kappa shape index (κ2) is 5.32. The number of carbonyl (C=O) groups is 1. The van der Waals surface area contributed by atoms with Crippen LogP contribution in [-0.2, 0) is 16.8 Å². The first-order chi connectivity index (χ1) is 10.4. The Bertz CT molecular complexity index is 820. The predicted molar refractivity (Wildman–Crippen MR) is 78.8 cm³/mol. The zero-order valence-corrected chi connectivity index (χ0v) is 12.1. The minimum atomic E-state index is -4.12. The van der Waals surface area contributed by atoms with Crippen molar-refractivity contribution >= 4 is 22.1 Å². The number of nitrogens with two attached hydrogens (primary N) is 1. The number of ether oxygens (including phenoxy) is 1. The minimum absolute atomic E-state index is 0.0118. The van der Waals surface area contributed by atoms with Gasteiger partial charge in [-0.25, -0.2) is 4.79 Å². The number of hydrogen-bond donors (Lipinski definition) is 1. The number of hydrogen-bond acceptors (Lipinski definition) is 5. The lowest BCUT2D eigenvalue weighted by Gasteiger charge is -2.28. The van der Waals surface area contributed by atoms with Gasteiger partial charge in [0, 0.05) is 17.3 Å². The quantitative estimate of drug-likeness (QED) is 0.929. The smallest absolute Gasteiger partial charge is 0.409 e. The van der Waals surface area contributed by atoms with Crippen LogP contribution in [0.1, 0.15) is 5.56 Å². The van der Waals surface area contributed by atoms with Gasteiger partial charge < -0.3 is 8.92 Å². The highest BCUT2D eigenvalue weighted by Crippen LogP contribution is 2.32. The van der Waals surface area contributed by atoms with Crippen LogP contribution in [0.2, 0.25) is 0 Å². The molecule has 0 saturated carbocycles. The van der Waals surface area contributed by atoms with Crippen LogP contribution in [0.4, 0.5) is 10.5 Å². The molecule has 2 aromatic rings. The Morgan fingerprint density at radius 1 is 1.14 bits per heavy atom. The third-order valence-corrected chi connectivity index (χ3v) is 3.49. The fourth-order valence-corrected chi connectivity index (χ4v) is 2.51. The first-order valence-electron chi connectivity index (χ1n) is 6.32. The second-order valence-electron chi connectivity index (χ2n) is 4.64. The molecule has 0 bridgehead atoms. The van der Waals surface area contributed by atoms with E-state index >= 15 is 0 Å². The van der Waals surface area contributed by atoms with Gasteiger partial charge in [-0.3, -0.25) is 4.90 Å². The molecule has 2 N–H and O–H groups in total. The zero-order valence-electron chi connectivity index (χ0n) is 11.3. The molecule has 1 aliphatic heterocycles. The van der Waals surface area contributed by atoms with Gasteiger partial charge in [-0.1, -0.05) is 18.2 Å². The topological polar surface area (TPSA) is 98.9 Å². The number of fused-ring (bicyclic) bond motifs is 1. The summed E-state index contributed by atoms with van der Waals surface area (Å²) >= 11 is 0. The lowest BCUT2D eigenvalue weighted by molar-refractivity contribution is 0.203. The van der Waals surface area contributed by atoms with E-state index in [-0.39, 0.29) is 11.5 Å². The summed E-state index contributed by atoms with van der Waals surface area (Å²) in [7, 11) is -4.12. The highest BCUT2D eigenvalue weighted by atomic mass is 32.2. The number of amides is 1. The van der Waals surface area contributed by atoms with E-state index in [0.717, 1.165) is 5.56 Å². The van der Waals surface area contributed by atoms with Gasteiger partial charge in [0.15, 0.2) is 0 Å². The molecular formula is C14H12N2O5S. The molecule has 0 radical (unpaired) electrons. The molecule has 3 rings (SSSR count). The first-order valence-corrected chi connectivity index (χ1v) is 7.79. The predicted octanol–water partition coefficient (Wildman–Crippen LogP) is 1.79. The summed E-state index contributed by atoms with van der Waals surface area (Å²) in [5.41, 5.74) is 1.44. The molecular weight excluding hydrogens is 308 g/mol. The molecule has 0 spiro atoms. The Morgan fingerprint density at radius 2 is 1.86 bits per heavy atom. The van der Waals surface area contributed by atoms with Gasteiger partial charge in [0.2, 0.25) is 0 Å². The maximum Gasteiger partial charge on any atom is 0.420 e. The van der Waals surface area contributed by atoms with Gasteiger partial charge in [0.1, 0.15) is 11.5 Å². The van der Waals surface area contributed by atoms with Gasteiger partial charge in [0.05, 0.1) is 6.54 Å². The third kappa shape index (κ3) is 3.02. The summed E-state index contributed by atoms with van der Waals surface area (Å²) in [6.45, 7) is 0.313. The Labute approximate surface area is 127 Å². The largest absolute Gasteiger partial charge is 0.420 e. The van der Waals surface area contributed by atoms with Crippen LogP contribution in [0, 0.1) is 0 Å². The maximum absolute atomic E-state index is 12.1. The molecule has 0 saturated heterocycles. The van der Waals surface area contributed by atoms with E-state index in [0.29, 0.717) is 12.2 Å². The Balaban J connectivity index is 1.90. The van der Waals surface area contributed by atoms with Crippen LogP contribution in [0.25, 0.3) is 0 Å². The third-order valence-electron chi connectivity index (χ3n) is 3.06. The Morgan fingerprint density at radius 3 is 2.55 bits per heavy atom. The molecule has 0 aliphatic carbocycles. The summed E-state index contributed by atoms with van der Waals surface area (Å²) < 4.78 is 31.6. The number of anilines is 1. The Kier molecular flexibility index (Phi) is 3.47. The van der Waals surface area contributed by atoms with Crippen molar-refractivity contribution < 1.29 is 22.1 Å². The molecule has 0 fully saturated rings. The van der Waals surface area contributed by atoms with Crippen LogP contribution < -0.4 is 19.0 Å². The zero-order chi connectivity index (χ0) is 15.7. The van der Waals surface area contributed by atoms with Gasteiger partial charge >= 0.3 is 16.4 Å². The highest BCUT2D eigenvalue weighted by Gasteiger charge is 2.26. The van der Waals surface area contributed by atoms with Crippen LogP contribution in [0.15, 0.2) is 48.5 Å². The van der Waals surface area contributed by atoms with Gasteiger partial charge in [-0.15, -0.1) is 0 Å². The van der Waals surface area contributed by atoms with E-state index in [1.165, 1.54) is 17.0 Å². The lowest BCUT2D eigenvalue weighted by Crippen LogP contribution is -2.36. The summed E-state index contributed by atoms with van der Waals surface area (Å²) in [6.07, 6.45) is -0.550. The van der Waals surface area contributed by atoms with Gasteiger partial charge in [-0.05, 0) is 24.3 Å². The highest BCUT2D eigenvalue weighted by molar-refractivity contribution is 7.84. The first kappa shape index (κ1) is 14.4. The van der Waals surface area contributed by atoms with E-state index in [4.69, 9.17) is 9.88 Å². The molecule has 0 unspecified atom stereocenters. The van der Waals surface area contributed by atoms with E-state index in [1.807, 2.05) is 18.2 Å². The van der Waals surface area contributed by atoms with Gasteiger partial charge in [0.25, 0.3) is 0 Å². The fraction of sp³-hybridized carbons (Fsp3) is 0.0714. The Hall–Kier alpha value is -2.58. The number of para-hydroxylation sites is 1. The van der Waals surface area contributed by atoms with Crippen LogP contribution in [0.5, 0.6) is 11.5 Å². The molecule has 8 heteroatoms. The van der Waals surface area contributed by atoms with Crippen molar-refractivity contribution in [2.75, 3.05) is 4.90 Å². The maximum atomic E-state index is 12.1. The molecule has 0 aromatic heterocycles. The monoisotopic (exact) mass is 320 g/mol. The van der Waals surface area contributed by atoms with Crippen molar-refractivity contribution in [3.05, 3.63) is 54.1 Å². The molecule has 1 heterocycles. The van der Waals surface area contributed by atoms with Crippen molar-refractivity contribution in [1.82, 2.24) is 0 Å². The summed E-state index contributed by atoms with van der Waals surface area (Å²) in [4.78, 5) is 13.5. The fourth-order valence-electron chi connectivity index (χ4n) is 2.14. The minimum Gasteiger partial charge on any atom is -0.409 e. The van der Waals surface area contributed by atoms with Crippen molar-refractivity contribution in [2.45, 2.75) is 6.54 Å². The molecule has 1 aliphatic rings. The number of benzene rings is 2. The van der Waals surface area contributed by atoms with Crippen LogP contribution >= 0.6 is 0 Å². The summed E-state index contributed by atoms with van der Waals surface area (Å²) in [5.74, 6) is 0.237. The van der Waals surface area contributed by atoms with Crippen LogP contribution in [0.3, 0.4) is 0 Å². The summed E-state index contributed by atoms with van der Waals surface area (Å²) in [5, 5.41) is 4.80. The number of carbonyl (C=O) groups excluding carboxylic acids is 1. The van der Waals surface area contributed by atoms with E-state index in [9.17, 15) is 13.2 Å². The molecule has 7 nitrogen and oxygen atoms in total. The molecule has 114 valence electrons. The normalized spacial score (nSPS) is 14.2. The lowest BCUT2D eigenvalue weighted by atomic mass is 10.1. The molecule has 1 amide bonds. The van der Waals surface area contributed by atoms with Crippen LogP contribution in [-0.4, -0.2) is 14.5 Å². The average Bonchev–Trinajstić information content (AvgIpc) is 2.45. The van der Waals surface area contributed by atoms with Gasteiger partial charge in [-0.2, -0.15) is 13.6 Å². The number of nitrogens with zero attached hydrogens (tertiary/aromatic N) is 1. The van der Waals surface area contributed by atoms with E-state index < -0.39 is 16.4 Å². The number of rotatable bonds is 3. The van der Waals surface area contributed by atoms with E-state index in [1.54, 1.807) is 18.2 Å². The van der Waals surface area contributed by atoms with Crippen molar-refractivity contribution in [3.63, 3.8) is 0 Å². The molecule has 0 atom stereocenters. The summed E-state index contributed by atoms with van der Waals surface area (Å²) in [6, 6.07) is 13.5. The van der Waals surface area contributed by atoms with Crippen molar-refractivity contribution in [1.29, 1.82) is 0 Å². The van der Waals surface area contributed by atoms with Crippen molar-refractivity contribution in [2.24, 2.45) is 5.14 Å². The molecule has 22 heavy (non-hydrogen) atoms. The molecule has 2 aromatic carbocycles. The van der Waals surface area contributed by atoms with E-state index in [2.05, 4.69) is 4.18 Å².